The number of carbonyl (C=O) groups excluding carboxylic acids is 2. The Balaban J connectivity index is 1.49. The lowest BCUT2D eigenvalue weighted by Gasteiger charge is -2.27. The molecule has 0 radical (unpaired) electrons. The Morgan fingerprint density at radius 2 is 1.75 bits per heavy atom. The quantitative estimate of drug-likeness (QED) is 0.140. The number of ether oxygens (including phenoxy) is 2. The second-order valence-corrected chi connectivity index (χ2v) is 15.2. The van der Waals surface area contributed by atoms with Crippen molar-refractivity contribution in [2.75, 3.05) is 13.7 Å². The van der Waals surface area contributed by atoms with Crippen molar-refractivity contribution in [1.82, 2.24) is 20.6 Å². The number of allylic oxidation sites excluding steroid dienone is 4. The van der Waals surface area contributed by atoms with Gasteiger partial charge >= 0.3 is 11.9 Å². The summed E-state index contributed by atoms with van der Waals surface area (Å²) in [5.41, 5.74) is 12.8. The molecule has 9 heteroatoms. The number of hydrogen-bond acceptors (Lipinski definition) is 7. The number of aromatic amines is 2. The van der Waals surface area contributed by atoms with E-state index in [-0.39, 0.29) is 42.8 Å². The molecule has 6 atom stereocenters. The number of methoxy groups -OCH3 is 1. The summed E-state index contributed by atoms with van der Waals surface area (Å²) in [5, 5.41) is 21.2. The maximum Gasteiger partial charge on any atom is 0.315 e. The summed E-state index contributed by atoms with van der Waals surface area (Å²) >= 11 is 0. The first-order valence-electron chi connectivity index (χ1n) is 19.3. The Morgan fingerprint density at radius 3 is 2.44 bits per heavy atom. The van der Waals surface area contributed by atoms with Crippen LogP contribution in [0, 0.1) is 37.5 Å². The van der Waals surface area contributed by atoms with Crippen molar-refractivity contribution in [3.8, 4) is 0 Å². The number of aliphatic hydroxyl groups is 1. The number of carbonyl (C=O) groups is 2. The zero-order valence-corrected chi connectivity index (χ0v) is 32.5. The van der Waals surface area contributed by atoms with Crippen LogP contribution in [-0.2, 0) is 25.5 Å². The molecule has 1 aliphatic carbocycles. The number of esters is 2. The Kier molecular flexibility index (Phi) is 11.1. The fourth-order valence-electron chi connectivity index (χ4n) is 9.05. The molecule has 1 saturated heterocycles. The summed E-state index contributed by atoms with van der Waals surface area (Å²) in [5.74, 6) is -1.39. The molecule has 0 amide bonds. The molecule has 52 heavy (non-hydrogen) atoms. The SMILES string of the molecule is CCCC/C(C)=C/COC(=O)CC[C@@H]1C2N/C(=C\C3=C(C)[C@@H](CC)/C(=C/c4[nH]c(c(CC)c4C)/C=c4\[nH]c5c(c4C)[C@H](O)[C@H](C(=O)OC)C=52)N3)[C@H]1C. The van der Waals surface area contributed by atoms with E-state index in [9.17, 15) is 14.7 Å². The van der Waals surface area contributed by atoms with E-state index in [2.05, 4.69) is 87.3 Å². The summed E-state index contributed by atoms with van der Waals surface area (Å²) in [4.78, 5) is 34.1. The molecule has 3 aliphatic heterocycles. The van der Waals surface area contributed by atoms with E-state index >= 15 is 0 Å². The summed E-state index contributed by atoms with van der Waals surface area (Å²) in [6.07, 6.45) is 13.4. The molecule has 6 rings (SSSR count). The van der Waals surface area contributed by atoms with Gasteiger partial charge in [0.05, 0.1) is 19.3 Å². The standard InChI is InChI=1S/C43H58N4O5/c1-10-13-14-22(4)17-18-52-36(48)16-15-29-25(7)32-19-30-23(5)27(11-2)34(44-30)20-31-24(6)28(12-3)35(45-31)21-33-26(8)37-41(47-33)38(40(29)46-32)39(42(37)49)43(50)51-9/h17,19-21,25,27,29,39-40,42,44-47,49H,10-16,18H2,1-9H3/b22-17+,32-19-,33-21-,34-20-/t25-,27+,29-,39+,40?,42-/m0/s1. The fourth-order valence-corrected chi connectivity index (χ4v) is 9.05. The third kappa shape index (κ3) is 6.72. The van der Waals surface area contributed by atoms with Gasteiger partial charge in [-0.1, -0.05) is 39.7 Å². The van der Waals surface area contributed by atoms with Gasteiger partial charge < -0.3 is 35.2 Å². The number of hydrogen-bond donors (Lipinski definition) is 5. The van der Waals surface area contributed by atoms with Crippen LogP contribution in [-0.4, -0.2) is 46.8 Å². The monoisotopic (exact) mass is 710 g/mol. The lowest BCUT2D eigenvalue weighted by Crippen LogP contribution is -2.37. The average Bonchev–Trinajstić information content (AvgIpc) is 3.86. The van der Waals surface area contributed by atoms with E-state index in [1.807, 2.05) is 13.0 Å². The van der Waals surface area contributed by atoms with Crippen molar-refractivity contribution in [1.29, 1.82) is 0 Å². The Hall–Kier alpha value is -4.24. The molecule has 2 aromatic rings. The smallest absolute Gasteiger partial charge is 0.315 e. The number of H-pyrrole nitrogens is 2. The zero-order chi connectivity index (χ0) is 37.4. The van der Waals surface area contributed by atoms with Gasteiger partial charge in [-0.3, -0.25) is 9.59 Å². The second kappa shape index (κ2) is 15.4. The van der Waals surface area contributed by atoms with E-state index < -0.39 is 18.0 Å². The number of unbranched alkanes of at least 4 members (excludes halogenated alkanes) is 1. The van der Waals surface area contributed by atoms with E-state index in [0.29, 0.717) is 6.42 Å². The van der Waals surface area contributed by atoms with Crippen molar-refractivity contribution in [2.24, 2.45) is 23.7 Å². The molecular formula is C43H58N4O5. The highest BCUT2D eigenvalue weighted by Crippen LogP contribution is 2.45. The minimum absolute atomic E-state index is 0.0221. The summed E-state index contributed by atoms with van der Waals surface area (Å²) in [7, 11) is 1.37. The first kappa shape index (κ1) is 37.5. The molecule has 2 aromatic heterocycles. The highest BCUT2D eigenvalue weighted by molar-refractivity contribution is 5.88. The number of fused-ring (bicyclic) bond motifs is 8. The summed E-state index contributed by atoms with van der Waals surface area (Å²) in [6.45, 7) is 17.5. The lowest BCUT2D eigenvalue weighted by atomic mass is 9.80. The first-order valence-corrected chi connectivity index (χ1v) is 19.3. The third-order valence-electron chi connectivity index (χ3n) is 12.2. The second-order valence-electron chi connectivity index (χ2n) is 15.2. The Bertz CT molecular complexity index is 1990. The summed E-state index contributed by atoms with van der Waals surface area (Å²) in [6, 6.07) is -0.339. The molecule has 5 N–H and O–H groups in total. The number of nitrogens with one attached hydrogen (secondary N) is 4. The van der Waals surface area contributed by atoms with E-state index in [0.717, 1.165) is 82.3 Å². The lowest BCUT2D eigenvalue weighted by molar-refractivity contribution is -0.147. The van der Waals surface area contributed by atoms with Crippen molar-refractivity contribution >= 4 is 29.7 Å². The van der Waals surface area contributed by atoms with Crippen LogP contribution >= 0.6 is 0 Å². The van der Waals surface area contributed by atoms with Gasteiger partial charge in [0.15, 0.2) is 0 Å². The van der Waals surface area contributed by atoms with Gasteiger partial charge in [-0.05, 0) is 118 Å². The average molecular weight is 711 g/mol. The molecule has 0 spiro atoms. The van der Waals surface area contributed by atoms with E-state index in [1.54, 1.807) is 0 Å². The van der Waals surface area contributed by atoms with E-state index in [1.165, 1.54) is 35.1 Å². The molecule has 5 heterocycles. The molecule has 4 aliphatic rings. The van der Waals surface area contributed by atoms with Crippen LogP contribution in [0.15, 0.2) is 40.4 Å². The molecule has 0 aromatic carbocycles. The van der Waals surface area contributed by atoms with Gasteiger partial charge in [0, 0.05) is 63.0 Å². The Labute approximate surface area is 308 Å². The minimum atomic E-state index is -1.07. The Morgan fingerprint density at radius 1 is 0.981 bits per heavy atom. The van der Waals surface area contributed by atoms with E-state index in [4.69, 9.17) is 9.47 Å². The molecule has 0 saturated carbocycles. The van der Waals surface area contributed by atoms with Crippen molar-refractivity contribution < 1.29 is 24.2 Å². The highest BCUT2D eigenvalue weighted by Gasteiger charge is 2.49. The van der Waals surface area contributed by atoms with Gasteiger partial charge in [-0.2, -0.15) is 0 Å². The molecule has 9 nitrogen and oxygen atoms in total. The van der Waals surface area contributed by atoms with Crippen molar-refractivity contribution in [3.63, 3.8) is 0 Å². The van der Waals surface area contributed by atoms with Crippen LogP contribution in [0.1, 0.15) is 120 Å². The normalized spacial score (nSPS) is 27.7. The first-order chi connectivity index (χ1) is 24.9. The number of rotatable bonds is 11. The van der Waals surface area contributed by atoms with Crippen molar-refractivity contribution in [2.45, 2.75) is 112 Å². The predicted molar refractivity (Wildman–Crippen MR) is 206 cm³/mol. The van der Waals surface area contributed by atoms with Gasteiger partial charge in [-0.15, -0.1) is 0 Å². The maximum absolute atomic E-state index is 13.6. The zero-order valence-electron chi connectivity index (χ0n) is 32.5. The largest absolute Gasteiger partial charge is 0.468 e. The topological polar surface area (TPSA) is 128 Å². The van der Waals surface area contributed by atoms with Gasteiger partial charge in [-0.25, -0.2) is 0 Å². The van der Waals surface area contributed by atoms with Crippen LogP contribution in [0.5, 0.6) is 0 Å². The molecular weight excluding hydrogens is 652 g/mol. The van der Waals surface area contributed by atoms with Crippen LogP contribution < -0.4 is 21.3 Å². The molecule has 1 unspecified atom stereocenters. The predicted octanol–water partition coefficient (Wildman–Crippen LogP) is 6.16. The molecule has 1 fully saturated rings. The maximum atomic E-state index is 13.6. The molecule has 280 valence electrons. The molecule has 8 bridgehead atoms. The van der Waals surface area contributed by atoms with Crippen molar-refractivity contribution in [3.05, 3.63) is 84.7 Å². The van der Waals surface area contributed by atoms with Crippen LogP contribution in [0.25, 0.3) is 17.7 Å². The third-order valence-corrected chi connectivity index (χ3v) is 12.2. The van der Waals surface area contributed by atoms with Gasteiger partial charge in [0.1, 0.15) is 12.5 Å². The number of aliphatic hydroxyl groups excluding tert-OH is 1. The van der Waals surface area contributed by atoms with Crippen LogP contribution in [0.3, 0.4) is 0 Å². The minimum Gasteiger partial charge on any atom is -0.468 e. The summed E-state index contributed by atoms with van der Waals surface area (Å²) < 4.78 is 11.0. The van der Waals surface area contributed by atoms with Crippen LogP contribution in [0.4, 0.5) is 0 Å². The fraction of sp³-hybridized carbons (Fsp3) is 0.535. The van der Waals surface area contributed by atoms with Gasteiger partial charge in [0.2, 0.25) is 0 Å². The number of aromatic nitrogens is 2. The van der Waals surface area contributed by atoms with Crippen LogP contribution in [0.2, 0.25) is 0 Å². The highest BCUT2D eigenvalue weighted by atomic mass is 16.5. The van der Waals surface area contributed by atoms with Gasteiger partial charge in [0.25, 0.3) is 0 Å².